The molecule has 0 aromatic heterocycles. The van der Waals surface area contributed by atoms with Gasteiger partial charge in [-0.15, -0.1) is 0 Å². The van der Waals surface area contributed by atoms with E-state index in [0.717, 1.165) is 19.0 Å². The minimum atomic E-state index is 0.794. The second-order valence-electron chi connectivity index (χ2n) is 2.04. The predicted molar refractivity (Wildman–Crippen MR) is 52.3 cm³/mol. The van der Waals surface area contributed by atoms with Crippen LogP contribution in [-0.4, -0.2) is 31.0 Å². The Bertz CT molecular complexity index is 51.6. The smallest absolute Gasteiger partial charge is 0.0554 e. The van der Waals surface area contributed by atoms with E-state index in [1.165, 1.54) is 18.6 Å². The number of ether oxygens (including phenoxy) is 1. The van der Waals surface area contributed by atoms with Crippen LogP contribution in [0.5, 0.6) is 0 Å². The molecule has 0 bridgehead atoms. The first-order valence-electron chi connectivity index (χ1n) is 3.59. The molecule has 0 aliphatic carbocycles. The zero-order valence-electron chi connectivity index (χ0n) is 6.51. The highest BCUT2D eigenvalue weighted by molar-refractivity contribution is 7.98. The second kappa shape index (κ2) is 9.66. The summed E-state index contributed by atoms with van der Waals surface area (Å²) in [6, 6.07) is 0. The third-order valence-corrected chi connectivity index (χ3v) is 2.00. The molecule has 1 nitrogen and oxygen atoms in total. The fourth-order valence-electron chi connectivity index (χ4n) is 0.617. The van der Waals surface area contributed by atoms with Crippen molar-refractivity contribution in [1.82, 2.24) is 0 Å². The molecular formula is C7H16OS2. The molecule has 0 saturated carbocycles. The van der Waals surface area contributed by atoms with Crippen LogP contribution in [0.3, 0.4) is 0 Å². The van der Waals surface area contributed by atoms with E-state index in [-0.39, 0.29) is 0 Å². The topological polar surface area (TPSA) is 9.23 Å². The first-order chi connectivity index (χ1) is 4.91. The summed E-state index contributed by atoms with van der Waals surface area (Å²) in [6.45, 7) is 1.70. The van der Waals surface area contributed by atoms with Crippen LogP contribution in [-0.2, 0) is 4.74 Å². The van der Waals surface area contributed by atoms with Gasteiger partial charge in [-0.3, -0.25) is 0 Å². The number of rotatable bonds is 7. The van der Waals surface area contributed by atoms with Crippen molar-refractivity contribution in [2.75, 3.05) is 31.0 Å². The first kappa shape index (κ1) is 10.7. The normalized spacial score (nSPS) is 10.2. The van der Waals surface area contributed by atoms with Crippen molar-refractivity contribution in [3.63, 3.8) is 0 Å². The van der Waals surface area contributed by atoms with Gasteiger partial charge >= 0.3 is 0 Å². The van der Waals surface area contributed by atoms with Gasteiger partial charge in [0.1, 0.15) is 0 Å². The Morgan fingerprint density at radius 3 is 2.70 bits per heavy atom. The monoisotopic (exact) mass is 180 g/mol. The molecule has 0 aromatic rings. The van der Waals surface area contributed by atoms with Crippen molar-refractivity contribution >= 4 is 24.4 Å². The molecule has 0 spiro atoms. The van der Waals surface area contributed by atoms with Gasteiger partial charge in [-0.2, -0.15) is 24.4 Å². The molecular weight excluding hydrogens is 164 g/mol. The molecule has 10 heavy (non-hydrogen) atoms. The van der Waals surface area contributed by atoms with Crippen molar-refractivity contribution in [3.05, 3.63) is 0 Å². The Hall–Kier alpha value is 0.660. The molecule has 0 saturated heterocycles. The summed E-state index contributed by atoms with van der Waals surface area (Å²) in [6.07, 6.45) is 4.59. The molecule has 0 N–H and O–H groups in total. The Balaban J connectivity index is 2.65. The highest BCUT2D eigenvalue weighted by atomic mass is 32.2. The first-order valence-corrected chi connectivity index (χ1v) is 5.62. The maximum atomic E-state index is 5.24. The maximum Gasteiger partial charge on any atom is 0.0554 e. The van der Waals surface area contributed by atoms with Crippen LogP contribution in [0, 0.1) is 0 Å². The van der Waals surface area contributed by atoms with Gasteiger partial charge in [0.2, 0.25) is 0 Å². The van der Waals surface area contributed by atoms with Crippen LogP contribution in [0.25, 0.3) is 0 Å². The van der Waals surface area contributed by atoms with Crippen LogP contribution in [0.1, 0.15) is 12.8 Å². The van der Waals surface area contributed by atoms with Gasteiger partial charge in [-0.1, -0.05) is 0 Å². The molecule has 3 heteroatoms. The van der Waals surface area contributed by atoms with Gasteiger partial charge in [-0.05, 0) is 24.9 Å². The lowest BCUT2D eigenvalue weighted by atomic mass is 10.4. The molecule has 0 unspecified atom stereocenters. The molecule has 0 radical (unpaired) electrons. The average Bonchev–Trinajstić information content (AvgIpc) is 1.97. The third-order valence-electron chi connectivity index (χ3n) is 1.12. The Labute approximate surface area is 73.3 Å². The largest absolute Gasteiger partial charge is 0.381 e. The number of unbranched alkanes of at least 4 members (excludes halogenated alkanes) is 1. The van der Waals surface area contributed by atoms with E-state index in [0.29, 0.717) is 0 Å². The van der Waals surface area contributed by atoms with Gasteiger partial charge in [0.25, 0.3) is 0 Å². The molecule has 0 amide bonds. The lowest BCUT2D eigenvalue weighted by Crippen LogP contribution is -1.97. The van der Waals surface area contributed by atoms with E-state index in [1.807, 2.05) is 11.8 Å². The number of thioether (sulfide) groups is 1. The van der Waals surface area contributed by atoms with Crippen molar-refractivity contribution in [1.29, 1.82) is 0 Å². The maximum absolute atomic E-state index is 5.24. The summed E-state index contributed by atoms with van der Waals surface area (Å²) in [4.78, 5) is 0. The summed E-state index contributed by atoms with van der Waals surface area (Å²) >= 11 is 5.93. The number of hydrogen-bond acceptors (Lipinski definition) is 3. The van der Waals surface area contributed by atoms with E-state index < -0.39 is 0 Å². The number of thiol groups is 1. The Kier molecular flexibility index (Phi) is 10.3. The molecule has 62 valence electrons. The average molecular weight is 180 g/mol. The minimum Gasteiger partial charge on any atom is -0.381 e. The Morgan fingerprint density at radius 2 is 2.10 bits per heavy atom. The SMILES string of the molecule is CSCCCCOCCS. The van der Waals surface area contributed by atoms with E-state index in [9.17, 15) is 0 Å². The van der Waals surface area contributed by atoms with Crippen LogP contribution >= 0.6 is 24.4 Å². The van der Waals surface area contributed by atoms with Gasteiger partial charge in [0.15, 0.2) is 0 Å². The standard InChI is InChI=1S/C7H16OS2/c1-10-7-3-2-4-8-5-6-9/h9H,2-7H2,1H3. The van der Waals surface area contributed by atoms with Gasteiger partial charge in [0.05, 0.1) is 6.61 Å². The summed E-state index contributed by atoms with van der Waals surface area (Å²) in [5.41, 5.74) is 0. The molecule has 0 aromatic carbocycles. The highest BCUT2D eigenvalue weighted by Gasteiger charge is 1.87. The fraction of sp³-hybridized carbons (Fsp3) is 1.00. The van der Waals surface area contributed by atoms with Crippen LogP contribution in [0.4, 0.5) is 0 Å². The molecule has 0 heterocycles. The predicted octanol–water partition coefficient (Wildman–Crippen LogP) is 2.08. The van der Waals surface area contributed by atoms with Crippen molar-refractivity contribution in [2.24, 2.45) is 0 Å². The van der Waals surface area contributed by atoms with Crippen LogP contribution in [0.15, 0.2) is 0 Å². The lowest BCUT2D eigenvalue weighted by molar-refractivity contribution is 0.147. The van der Waals surface area contributed by atoms with Crippen molar-refractivity contribution in [3.8, 4) is 0 Å². The van der Waals surface area contributed by atoms with Crippen molar-refractivity contribution in [2.45, 2.75) is 12.8 Å². The summed E-state index contributed by atoms with van der Waals surface area (Å²) in [7, 11) is 0. The molecule has 0 rings (SSSR count). The van der Waals surface area contributed by atoms with E-state index in [4.69, 9.17) is 4.74 Å². The number of hydrogen-bond donors (Lipinski definition) is 1. The lowest BCUT2D eigenvalue weighted by Gasteiger charge is -2.00. The van der Waals surface area contributed by atoms with Crippen molar-refractivity contribution < 1.29 is 4.74 Å². The fourth-order valence-corrected chi connectivity index (χ4v) is 1.24. The minimum absolute atomic E-state index is 0.794. The summed E-state index contributed by atoms with van der Waals surface area (Å²) in [5.74, 6) is 2.09. The zero-order chi connectivity index (χ0) is 7.66. The second-order valence-corrected chi connectivity index (χ2v) is 3.47. The van der Waals surface area contributed by atoms with Crippen LogP contribution < -0.4 is 0 Å². The van der Waals surface area contributed by atoms with E-state index >= 15 is 0 Å². The Morgan fingerprint density at radius 1 is 1.30 bits per heavy atom. The molecule has 0 fully saturated rings. The van der Waals surface area contributed by atoms with E-state index in [1.54, 1.807) is 0 Å². The van der Waals surface area contributed by atoms with Gasteiger partial charge in [-0.25, -0.2) is 0 Å². The van der Waals surface area contributed by atoms with Crippen LogP contribution in [0.2, 0.25) is 0 Å². The van der Waals surface area contributed by atoms with Gasteiger partial charge in [0, 0.05) is 12.4 Å². The third kappa shape index (κ3) is 8.66. The summed E-state index contributed by atoms with van der Waals surface area (Å²) < 4.78 is 5.24. The zero-order valence-corrected chi connectivity index (χ0v) is 8.22. The van der Waals surface area contributed by atoms with Gasteiger partial charge < -0.3 is 4.74 Å². The molecule has 0 aliphatic heterocycles. The molecule has 0 aliphatic rings. The van der Waals surface area contributed by atoms with E-state index in [2.05, 4.69) is 18.9 Å². The quantitative estimate of drug-likeness (QED) is 0.474. The highest BCUT2D eigenvalue weighted by Crippen LogP contribution is 1.98. The molecule has 0 atom stereocenters. The summed E-state index contributed by atoms with van der Waals surface area (Å²) in [5, 5.41) is 0.